The quantitative estimate of drug-likeness (QED) is 0.823. The van der Waals surface area contributed by atoms with Crippen LogP contribution in [0.4, 0.5) is 5.69 Å². The minimum atomic E-state index is -0.0202. The van der Waals surface area contributed by atoms with Crippen LogP contribution in [0.3, 0.4) is 0 Å². The van der Waals surface area contributed by atoms with Gasteiger partial charge in [0.15, 0.2) is 0 Å². The van der Waals surface area contributed by atoms with Crippen molar-refractivity contribution in [1.82, 2.24) is 9.80 Å². The van der Waals surface area contributed by atoms with E-state index >= 15 is 0 Å². The Morgan fingerprint density at radius 3 is 2.56 bits per heavy atom. The highest BCUT2D eigenvalue weighted by Gasteiger charge is 2.22. The Kier molecular flexibility index (Phi) is 6.23. The molecular weight excluding hydrogens is 402 g/mol. The van der Waals surface area contributed by atoms with Crippen LogP contribution in [0.5, 0.6) is 0 Å². The Morgan fingerprint density at radius 1 is 1.04 bits per heavy atom. The second kappa shape index (κ2) is 8.60. The molecule has 3 rings (SSSR count). The lowest BCUT2D eigenvalue weighted by Gasteiger charge is -2.21. The predicted octanol–water partition coefficient (Wildman–Crippen LogP) is 3.30. The van der Waals surface area contributed by atoms with Crippen molar-refractivity contribution in [2.75, 3.05) is 38.0 Å². The topological polar surface area (TPSA) is 52.7 Å². The van der Waals surface area contributed by atoms with Gasteiger partial charge in [-0.25, -0.2) is 0 Å². The minimum absolute atomic E-state index is 0.0202. The smallest absolute Gasteiger partial charge is 0.264 e. The lowest BCUT2D eigenvalue weighted by atomic mass is 10.3. The van der Waals surface area contributed by atoms with Crippen LogP contribution in [0.25, 0.3) is 0 Å². The molecule has 5 nitrogen and oxygen atoms in total. The van der Waals surface area contributed by atoms with E-state index in [0.717, 1.165) is 33.9 Å². The minimum Gasteiger partial charge on any atom is -0.337 e. The van der Waals surface area contributed by atoms with Gasteiger partial charge in [-0.3, -0.25) is 14.5 Å². The van der Waals surface area contributed by atoms with E-state index in [4.69, 9.17) is 0 Å². The molecule has 1 N–H and O–H groups in total. The van der Waals surface area contributed by atoms with E-state index < -0.39 is 0 Å². The van der Waals surface area contributed by atoms with Crippen molar-refractivity contribution in [2.45, 2.75) is 6.42 Å². The number of amides is 2. The number of para-hydroxylation sites is 1. The maximum Gasteiger partial charge on any atom is 0.264 e. The molecule has 0 atom stereocenters. The van der Waals surface area contributed by atoms with Gasteiger partial charge in [-0.15, -0.1) is 11.3 Å². The van der Waals surface area contributed by atoms with Gasteiger partial charge in [-0.2, -0.15) is 0 Å². The van der Waals surface area contributed by atoms with Crippen LogP contribution < -0.4 is 5.32 Å². The molecule has 0 radical (unpaired) electrons. The summed E-state index contributed by atoms with van der Waals surface area (Å²) in [5.74, 6) is 0.0550. The maximum absolute atomic E-state index is 12.6. The molecule has 1 aliphatic rings. The van der Waals surface area contributed by atoms with Gasteiger partial charge in [0, 0.05) is 31.9 Å². The Hall–Kier alpha value is -1.70. The van der Waals surface area contributed by atoms with Crippen molar-refractivity contribution in [3.63, 3.8) is 0 Å². The third-order valence-electron chi connectivity index (χ3n) is 4.08. The van der Waals surface area contributed by atoms with Crippen LogP contribution in [0.2, 0.25) is 0 Å². The average Bonchev–Trinajstić information content (AvgIpc) is 2.90. The summed E-state index contributed by atoms with van der Waals surface area (Å²) < 4.78 is 0.963. The van der Waals surface area contributed by atoms with E-state index in [1.165, 1.54) is 11.3 Å². The Balaban J connectivity index is 1.51. The van der Waals surface area contributed by atoms with Crippen LogP contribution in [-0.2, 0) is 4.79 Å². The summed E-state index contributed by atoms with van der Waals surface area (Å²) in [5.41, 5.74) is 0.808. The molecule has 1 saturated heterocycles. The van der Waals surface area contributed by atoms with Gasteiger partial charge in [0.2, 0.25) is 5.91 Å². The molecule has 2 amide bonds. The van der Waals surface area contributed by atoms with E-state index in [2.05, 4.69) is 26.1 Å². The Labute approximate surface area is 159 Å². The molecular formula is C18H20BrN3O2S. The number of hydrogen-bond donors (Lipinski definition) is 1. The van der Waals surface area contributed by atoms with Gasteiger partial charge in [-0.05, 0) is 46.6 Å². The summed E-state index contributed by atoms with van der Waals surface area (Å²) in [7, 11) is 0. The van der Waals surface area contributed by atoms with Crippen molar-refractivity contribution < 1.29 is 9.59 Å². The van der Waals surface area contributed by atoms with Crippen LogP contribution >= 0.6 is 27.3 Å². The number of carbonyl (C=O) groups is 2. The number of anilines is 1. The third kappa shape index (κ3) is 5.14. The monoisotopic (exact) mass is 421 g/mol. The van der Waals surface area contributed by atoms with Gasteiger partial charge in [-0.1, -0.05) is 18.2 Å². The summed E-state index contributed by atoms with van der Waals surface area (Å²) in [6.07, 6.45) is 0.872. The van der Waals surface area contributed by atoms with Crippen LogP contribution in [0.1, 0.15) is 16.1 Å². The van der Waals surface area contributed by atoms with Gasteiger partial charge >= 0.3 is 0 Å². The summed E-state index contributed by atoms with van der Waals surface area (Å²) in [5, 5.41) is 2.91. The number of hydrogen-bond acceptors (Lipinski definition) is 4. The largest absolute Gasteiger partial charge is 0.337 e. The average molecular weight is 422 g/mol. The molecule has 7 heteroatoms. The van der Waals surface area contributed by atoms with Gasteiger partial charge in [0.25, 0.3) is 5.91 Å². The molecule has 0 unspecified atom stereocenters. The highest BCUT2D eigenvalue weighted by atomic mass is 79.9. The van der Waals surface area contributed by atoms with Crippen molar-refractivity contribution in [2.24, 2.45) is 0 Å². The standard InChI is InChI=1S/C18H20BrN3O2S/c19-16-8-7-15(25-16)18(24)22-10-4-9-21(11-12-22)13-17(23)20-14-5-2-1-3-6-14/h1-3,5-8H,4,9-13H2,(H,20,23). The number of nitrogens with zero attached hydrogens (tertiary/aromatic N) is 2. The normalized spacial score (nSPS) is 15.6. The second-order valence-corrected chi connectivity index (χ2v) is 8.40. The van der Waals surface area contributed by atoms with Gasteiger partial charge < -0.3 is 10.2 Å². The first-order chi connectivity index (χ1) is 12.1. The number of carbonyl (C=O) groups excluding carboxylic acids is 2. The van der Waals surface area contributed by atoms with E-state index in [1.54, 1.807) is 0 Å². The number of halogens is 1. The molecule has 2 aromatic rings. The van der Waals surface area contributed by atoms with E-state index in [0.29, 0.717) is 19.6 Å². The van der Waals surface area contributed by atoms with Gasteiger partial charge in [0.1, 0.15) is 0 Å². The lowest BCUT2D eigenvalue weighted by Crippen LogP contribution is -2.37. The fourth-order valence-corrected chi connectivity index (χ4v) is 4.20. The Bertz CT molecular complexity index is 735. The van der Waals surface area contributed by atoms with Crippen molar-refractivity contribution in [1.29, 1.82) is 0 Å². The fourth-order valence-electron chi connectivity index (χ4n) is 2.84. The molecule has 132 valence electrons. The zero-order valence-electron chi connectivity index (χ0n) is 13.8. The summed E-state index contributed by atoms with van der Waals surface area (Å²) in [6, 6.07) is 13.2. The van der Waals surface area contributed by atoms with Crippen LogP contribution in [-0.4, -0.2) is 54.3 Å². The van der Waals surface area contributed by atoms with E-state index in [1.807, 2.05) is 47.4 Å². The first kappa shape index (κ1) is 18.1. The maximum atomic E-state index is 12.6. The summed E-state index contributed by atoms with van der Waals surface area (Å²) in [4.78, 5) is 29.5. The molecule has 0 aliphatic carbocycles. The van der Waals surface area contributed by atoms with Crippen molar-refractivity contribution in [3.8, 4) is 0 Å². The second-order valence-electron chi connectivity index (χ2n) is 5.94. The zero-order chi connectivity index (χ0) is 17.6. The predicted molar refractivity (Wildman–Crippen MR) is 104 cm³/mol. The van der Waals surface area contributed by atoms with Crippen LogP contribution in [0, 0.1) is 0 Å². The highest BCUT2D eigenvalue weighted by Crippen LogP contribution is 2.23. The summed E-state index contributed by atoms with van der Waals surface area (Å²) >= 11 is 4.86. The lowest BCUT2D eigenvalue weighted by molar-refractivity contribution is -0.117. The van der Waals surface area contributed by atoms with Crippen LogP contribution in [0.15, 0.2) is 46.3 Å². The van der Waals surface area contributed by atoms with Gasteiger partial charge in [0.05, 0.1) is 15.2 Å². The SMILES string of the molecule is O=C(CN1CCCN(C(=O)c2ccc(Br)s2)CC1)Nc1ccccc1. The molecule has 0 saturated carbocycles. The molecule has 2 heterocycles. The third-order valence-corrected chi connectivity index (χ3v) is 5.70. The molecule has 1 aromatic carbocycles. The van der Waals surface area contributed by atoms with E-state index in [-0.39, 0.29) is 11.8 Å². The zero-order valence-corrected chi connectivity index (χ0v) is 16.2. The number of thiophene rings is 1. The molecule has 1 aliphatic heterocycles. The first-order valence-corrected chi connectivity index (χ1v) is 9.84. The first-order valence-electron chi connectivity index (χ1n) is 8.24. The number of rotatable bonds is 4. The number of benzene rings is 1. The summed E-state index contributed by atoms with van der Waals surface area (Å²) in [6.45, 7) is 3.25. The Morgan fingerprint density at radius 2 is 1.84 bits per heavy atom. The van der Waals surface area contributed by atoms with Crippen molar-refractivity contribution >= 4 is 44.8 Å². The highest BCUT2D eigenvalue weighted by molar-refractivity contribution is 9.11. The number of nitrogens with one attached hydrogen (secondary N) is 1. The fraction of sp³-hybridized carbons (Fsp3) is 0.333. The van der Waals surface area contributed by atoms with E-state index in [9.17, 15) is 9.59 Å². The molecule has 0 bridgehead atoms. The molecule has 25 heavy (non-hydrogen) atoms. The molecule has 0 spiro atoms. The molecule has 1 fully saturated rings. The van der Waals surface area contributed by atoms with Crippen molar-refractivity contribution in [3.05, 3.63) is 51.1 Å². The molecule has 1 aromatic heterocycles.